The lowest BCUT2D eigenvalue weighted by molar-refractivity contribution is -0.887. The third-order valence-electron chi connectivity index (χ3n) is 10.4. The van der Waals surface area contributed by atoms with Crippen molar-refractivity contribution in [2.75, 3.05) is 41.0 Å². The van der Waals surface area contributed by atoms with Crippen molar-refractivity contribution >= 4 is 17.9 Å². The summed E-state index contributed by atoms with van der Waals surface area (Å²) < 4.78 is 17.3. The number of carboxylic acids is 1. The first-order valence-corrected chi connectivity index (χ1v) is 24.9. The van der Waals surface area contributed by atoms with Crippen molar-refractivity contribution in [3.05, 3.63) is 109 Å². The van der Waals surface area contributed by atoms with Crippen molar-refractivity contribution in [1.29, 1.82) is 0 Å². The van der Waals surface area contributed by atoms with Crippen LogP contribution in [0.25, 0.3) is 0 Å². The first-order valence-electron chi connectivity index (χ1n) is 24.9. The highest BCUT2D eigenvalue weighted by atomic mass is 16.6. The van der Waals surface area contributed by atoms with E-state index in [9.17, 15) is 19.5 Å². The van der Waals surface area contributed by atoms with E-state index in [1.807, 2.05) is 21.1 Å². The molecule has 0 heterocycles. The zero-order valence-electron chi connectivity index (χ0n) is 41.2. The monoisotopic (exact) mass is 891 g/mol. The number of quaternary nitrogens is 1. The van der Waals surface area contributed by atoms with Crippen LogP contribution in [0.15, 0.2) is 109 Å². The highest BCUT2D eigenvalue weighted by Gasteiger charge is 2.31. The van der Waals surface area contributed by atoms with Crippen LogP contribution < -0.4 is 0 Å². The molecule has 0 rings (SSSR count). The Morgan fingerprint density at radius 1 is 0.484 bits per heavy atom. The Hall–Kier alpha value is -4.01. The van der Waals surface area contributed by atoms with Crippen LogP contribution in [0.2, 0.25) is 0 Å². The molecule has 0 saturated carbocycles. The van der Waals surface area contributed by atoms with Crippen molar-refractivity contribution in [2.24, 2.45) is 0 Å². The van der Waals surface area contributed by atoms with Gasteiger partial charge in [-0.2, -0.15) is 0 Å². The van der Waals surface area contributed by atoms with E-state index in [1.54, 1.807) is 0 Å². The molecule has 0 aromatic carbocycles. The predicted octanol–water partition coefficient (Wildman–Crippen LogP) is 14.4. The van der Waals surface area contributed by atoms with Gasteiger partial charge in [0.25, 0.3) is 0 Å². The molecule has 8 heteroatoms. The molecule has 0 bridgehead atoms. The molecular weight excluding hydrogens is 799 g/mol. The minimum atomic E-state index is -0.888. The molecule has 362 valence electrons. The van der Waals surface area contributed by atoms with Gasteiger partial charge in [-0.3, -0.25) is 9.59 Å². The van der Waals surface area contributed by atoms with E-state index >= 15 is 0 Å². The predicted molar refractivity (Wildman–Crippen MR) is 270 cm³/mol. The van der Waals surface area contributed by atoms with Crippen LogP contribution in [0, 0.1) is 0 Å². The minimum Gasteiger partial charge on any atom is -0.477 e. The van der Waals surface area contributed by atoms with E-state index in [-0.39, 0.29) is 42.7 Å². The molecule has 0 aliphatic carbocycles. The van der Waals surface area contributed by atoms with Gasteiger partial charge in [-0.1, -0.05) is 168 Å². The average Bonchev–Trinajstić information content (AvgIpc) is 3.26. The molecule has 64 heavy (non-hydrogen) atoms. The van der Waals surface area contributed by atoms with E-state index in [0.717, 1.165) is 89.9 Å². The summed E-state index contributed by atoms with van der Waals surface area (Å²) in [4.78, 5) is 37.1. The van der Waals surface area contributed by atoms with E-state index in [0.29, 0.717) is 19.3 Å². The first kappa shape index (κ1) is 60.0. The third-order valence-corrected chi connectivity index (χ3v) is 10.4. The number of likely N-dealkylation sites (N-methyl/N-ethyl adjacent to an activating group) is 1. The lowest BCUT2D eigenvalue weighted by Gasteiger charge is -2.31. The molecule has 0 fully saturated rings. The molecule has 0 aliphatic rings. The van der Waals surface area contributed by atoms with Gasteiger partial charge in [0, 0.05) is 19.3 Å². The third kappa shape index (κ3) is 43.3. The molecule has 2 atom stereocenters. The second-order valence-corrected chi connectivity index (χ2v) is 17.3. The minimum absolute atomic E-state index is 0.0321. The molecule has 2 unspecified atom stereocenters. The maximum absolute atomic E-state index is 12.8. The highest BCUT2D eigenvalue weighted by Crippen LogP contribution is 2.13. The van der Waals surface area contributed by atoms with Gasteiger partial charge in [0.15, 0.2) is 12.1 Å². The molecule has 0 aromatic rings. The van der Waals surface area contributed by atoms with Gasteiger partial charge in [-0.15, -0.1) is 0 Å². The van der Waals surface area contributed by atoms with Crippen LogP contribution in [0.4, 0.5) is 0 Å². The Balaban J connectivity index is 4.39. The van der Waals surface area contributed by atoms with Gasteiger partial charge in [0.1, 0.15) is 6.61 Å². The largest absolute Gasteiger partial charge is 0.477 e. The standard InChI is InChI=1S/C56H91NO7/c1-6-8-10-12-14-16-18-20-22-24-25-26-27-28-29-31-33-35-37-39-41-43-45-47-55(59)64-52(50-62-49-48-53(56(60)61)57(3,4)5)51-63-54(58)46-44-42-40-38-36-34-32-30-23-21-19-17-15-13-11-9-7-2/h8,10,14-17,20-23,25-26,28-29,32,34,38,40,52-53H,6-7,9,11-13,18-19,24,27,30-31,33,35-37,39,41-51H2,1-5H3/p+1/b10-8+,16-14+,17-15+,22-20+,23-21+,26-25+,29-28+,34-32+,40-38+. The number of hydrogen-bond donors (Lipinski definition) is 1. The van der Waals surface area contributed by atoms with Gasteiger partial charge in [-0.05, 0) is 96.3 Å². The molecular formula is C56H92NO7+. The van der Waals surface area contributed by atoms with E-state index in [2.05, 4.69) is 123 Å². The number of carbonyl (C=O) groups is 3. The van der Waals surface area contributed by atoms with Crippen LogP contribution in [0.1, 0.15) is 174 Å². The van der Waals surface area contributed by atoms with Crippen LogP contribution in [-0.2, 0) is 28.6 Å². The molecule has 0 spiro atoms. The SMILES string of the molecule is CC/C=C/C/C=C/C/C=C/C/C=C/C/C=C/CCCCCCCCCC(=O)OC(COCCC(C(=O)O)[N+](C)(C)C)COC(=O)CCC/C=C/C/C=C/C/C=C/C/C=C/CCCCC. The van der Waals surface area contributed by atoms with Crippen molar-refractivity contribution in [2.45, 2.75) is 187 Å². The fourth-order valence-electron chi connectivity index (χ4n) is 6.58. The zero-order valence-corrected chi connectivity index (χ0v) is 41.2. The number of carbonyl (C=O) groups excluding carboxylic acids is 2. The summed E-state index contributed by atoms with van der Waals surface area (Å²) in [6.07, 6.45) is 62.8. The molecule has 0 saturated heterocycles. The van der Waals surface area contributed by atoms with Crippen molar-refractivity contribution < 1.29 is 38.2 Å². The summed E-state index contributed by atoms with van der Waals surface area (Å²) in [5.74, 6) is -1.57. The fourth-order valence-corrected chi connectivity index (χ4v) is 6.58. The number of aliphatic carboxylic acids is 1. The molecule has 0 aliphatic heterocycles. The number of hydrogen-bond acceptors (Lipinski definition) is 6. The Morgan fingerprint density at radius 3 is 1.34 bits per heavy atom. The number of unbranched alkanes of at least 4 members (excludes halogenated alkanes) is 11. The number of carboxylic acid groups (broad SMARTS) is 1. The van der Waals surface area contributed by atoms with Crippen LogP contribution in [0.5, 0.6) is 0 Å². The molecule has 8 nitrogen and oxygen atoms in total. The normalized spacial score (nSPS) is 13.8. The molecule has 0 radical (unpaired) electrons. The van der Waals surface area contributed by atoms with Crippen molar-refractivity contribution in [3.8, 4) is 0 Å². The average molecular weight is 891 g/mol. The second kappa shape index (κ2) is 45.6. The van der Waals surface area contributed by atoms with Crippen molar-refractivity contribution in [1.82, 2.24) is 0 Å². The smallest absolute Gasteiger partial charge is 0.362 e. The lowest BCUT2D eigenvalue weighted by atomic mass is 10.1. The molecule has 0 amide bonds. The summed E-state index contributed by atoms with van der Waals surface area (Å²) in [5, 5.41) is 9.65. The van der Waals surface area contributed by atoms with Gasteiger partial charge < -0.3 is 23.8 Å². The number of esters is 2. The summed E-state index contributed by atoms with van der Waals surface area (Å²) >= 11 is 0. The highest BCUT2D eigenvalue weighted by molar-refractivity contribution is 5.72. The van der Waals surface area contributed by atoms with Gasteiger partial charge in [-0.25, -0.2) is 4.79 Å². The van der Waals surface area contributed by atoms with Crippen LogP contribution >= 0.6 is 0 Å². The van der Waals surface area contributed by atoms with Gasteiger partial charge in [0.05, 0.1) is 34.4 Å². The zero-order chi connectivity index (χ0) is 47.0. The Bertz CT molecular complexity index is 1410. The topological polar surface area (TPSA) is 99.1 Å². The van der Waals surface area contributed by atoms with Gasteiger partial charge >= 0.3 is 17.9 Å². The van der Waals surface area contributed by atoms with Crippen LogP contribution in [-0.4, -0.2) is 80.6 Å². The van der Waals surface area contributed by atoms with E-state index < -0.39 is 18.1 Å². The van der Waals surface area contributed by atoms with Gasteiger partial charge in [0.2, 0.25) is 0 Å². The fraction of sp³-hybridized carbons (Fsp3) is 0.625. The Labute approximate surface area is 391 Å². The number of rotatable bonds is 43. The summed E-state index contributed by atoms with van der Waals surface area (Å²) in [7, 11) is 5.50. The molecule has 0 aromatic heterocycles. The van der Waals surface area contributed by atoms with E-state index in [4.69, 9.17) is 14.2 Å². The summed E-state index contributed by atoms with van der Waals surface area (Å²) in [6.45, 7) is 4.51. The quantitative estimate of drug-likeness (QED) is 0.0282. The number of allylic oxidation sites excluding steroid dienone is 18. The van der Waals surface area contributed by atoms with E-state index in [1.165, 1.54) is 44.9 Å². The lowest BCUT2D eigenvalue weighted by Crippen LogP contribution is -2.50. The maximum atomic E-state index is 12.8. The Morgan fingerprint density at radius 2 is 0.891 bits per heavy atom. The second-order valence-electron chi connectivity index (χ2n) is 17.3. The number of nitrogens with zero attached hydrogens (tertiary/aromatic N) is 1. The number of ether oxygens (including phenoxy) is 3. The van der Waals surface area contributed by atoms with Crippen LogP contribution in [0.3, 0.4) is 0 Å². The first-order chi connectivity index (χ1) is 31.1. The maximum Gasteiger partial charge on any atom is 0.362 e. The summed E-state index contributed by atoms with van der Waals surface area (Å²) in [6, 6.07) is -0.632. The summed E-state index contributed by atoms with van der Waals surface area (Å²) in [5.41, 5.74) is 0. The van der Waals surface area contributed by atoms with Crippen molar-refractivity contribution in [3.63, 3.8) is 0 Å². The molecule has 1 N–H and O–H groups in total. The Kier molecular flexibility index (Phi) is 42.7.